The van der Waals surface area contributed by atoms with Crippen molar-refractivity contribution in [1.29, 1.82) is 0 Å². The van der Waals surface area contributed by atoms with Crippen LogP contribution in [-0.4, -0.2) is 7.11 Å². The summed E-state index contributed by atoms with van der Waals surface area (Å²) in [6.07, 6.45) is 0. The number of ether oxygens (including phenoxy) is 1. The van der Waals surface area contributed by atoms with E-state index in [2.05, 4.69) is 36.4 Å². The molecule has 0 saturated carbocycles. The van der Waals surface area contributed by atoms with Gasteiger partial charge in [-0.25, -0.2) is 13.2 Å². The summed E-state index contributed by atoms with van der Waals surface area (Å²) < 4.78 is 64.9. The first-order valence-electron chi connectivity index (χ1n) is 10.2. The molecule has 0 fully saturated rings. The van der Waals surface area contributed by atoms with Crippen LogP contribution in [0.2, 0.25) is 0 Å². The Balaban J connectivity index is 0.000000321. The zero-order valence-corrected chi connectivity index (χ0v) is 21.1. The molecule has 0 spiro atoms. The SMILES string of the molecule is CO/C([O-])=C/[P+](c1ccccc1)(c1ccccc1)c1ccccc1.Fc1[c-]c(F)c(F)c(F)c1F.[Ag+]. The van der Waals surface area contributed by atoms with Crippen molar-refractivity contribution < 1.29 is 54.2 Å². The molecule has 4 aromatic rings. The predicted molar refractivity (Wildman–Crippen MR) is 125 cm³/mol. The summed E-state index contributed by atoms with van der Waals surface area (Å²) in [5.74, 6) is -8.58. The molecule has 4 rings (SSSR count). The van der Waals surface area contributed by atoms with Crippen LogP contribution < -0.4 is 21.0 Å². The quantitative estimate of drug-likeness (QED) is 0.0610. The van der Waals surface area contributed by atoms with Crippen molar-refractivity contribution in [1.82, 2.24) is 0 Å². The van der Waals surface area contributed by atoms with Gasteiger partial charge in [-0.3, -0.25) is 8.78 Å². The minimum absolute atomic E-state index is 0. The molecular weight excluding hydrogens is 590 g/mol. The summed E-state index contributed by atoms with van der Waals surface area (Å²) in [6, 6.07) is 31.6. The van der Waals surface area contributed by atoms with Crippen LogP contribution in [0, 0.1) is 35.2 Å². The molecule has 0 aliphatic heterocycles. The first-order valence-corrected chi connectivity index (χ1v) is 12.1. The molecule has 4 aromatic carbocycles. The Kier molecular flexibility index (Phi) is 10.9. The normalized spacial score (nSPS) is 11.1. The maximum absolute atomic E-state index is 12.3. The van der Waals surface area contributed by atoms with Crippen LogP contribution in [0.3, 0.4) is 0 Å². The second-order valence-electron chi connectivity index (χ2n) is 7.08. The first-order chi connectivity index (χ1) is 16.8. The maximum Gasteiger partial charge on any atom is 1.00 e. The maximum atomic E-state index is 12.3. The second kappa shape index (κ2) is 13.4. The largest absolute Gasteiger partial charge is 1.00 e. The predicted octanol–water partition coefficient (Wildman–Crippen LogP) is 4.97. The average Bonchev–Trinajstić information content (AvgIpc) is 2.91. The van der Waals surface area contributed by atoms with Gasteiger partial charge in [0.1, 0.15) is 23.2 Å². The fourth-order valence-electron chi connectivity index (χ4n) is 3.37. The molecule has 0 aliphatic carbocycles. The minimum atomic E-state index is -2.23. The van der Waals surface area contributed by atoms with Crippen LogP contribution in [-0.2, 0) is 27.1 Å². The van der Waals surface area contributed by atoms with Crippen LogP contribution in [0.5, 0.6) is 0 Å². The van der Waals surface area contributed by atoms with E-state index in [0.29, 0.717) is 0 Å². The summed E-state index contributed by atoms with van der Waals surface area (Å²) in [4.78, 5) is 0. The molecular formula is C27H19AgF5O2P. The third kappa shape index (κ3) is 6.42. The van der Waals surface area contributed by atoms with Crippen LogP contribution in [0.25, 0.3) is 0 Å². The molecule has 0 N–H and O–H groups in total. The summed E-state index contributed by atoms with van der Waals surface area (Å²) in [5.41, 5.74) is 0. The molecule has 0 aliphatic rings. The van der Waals surface area contributed by atoms with E-state index < -0.39 is 36.3 Å². The monoisotopic (exact) mass is 608 g/mol. The van der Waals surface area contributed by atoms with Crippen LogP contribution >= 0.6 is 7.26 Å². The van der Waals surface area contributed by atoms with Gasteiger partial charge in [-0.15, -0.1) is 6.07 Å². The van der Waals surface area contributed by atoms with Gasteiger partial charge >= 0.3 is 22.4 Å². The molecule has 0 unspecified atom stereocenters. The molecule has 36 heavy (non-hydrogen) atoms. The Morgan fingerprint density at radius 1 is 0.667 bits per heavy atom. The summed E-state index contributed by atoms with van der Waals surface area (Å²) in [7, 11) is -0.800. The van der Waals surface area contributed by atoms with E-state index in [1.807, 2.05) is 54.6 Å². The number of halogens is 5. The Morgan fingerprint density at radius 3 is 1.31 bits per heavy atom. The topological polar surface area (TPSA) is 32.3 Å². The molecule has 9 heteroatoms. The van der Waals surface area contributed by atoms with E-state index in [1.165, 1.54) is 7.11 Å². The van der Waals surface area contributed by atoms with Crippen molar-refractivity contribution in [3.05, 3.63) is 138 Å². The first kappa shape index (κ1) is 29.3. The Morgan fingerprint density at radius 2 is 1.00 bits per heavy atom. The van der Waals surface area contributed by atoms with Gasteiger partial charge in [0.05, 0.1) is 40.8 Å². The third-order valence-electron chi connectivity index (χ3n) is 4.98. The van der Waals surface area contributed by atoms with Gasteiger partial charge < -0.3 is 9.84 Å². The zero-order valence-electron chi connectivity index (χ0n) is 18.7. The van der Waals surface area contributed by atoms with Crippen LogP contribution in [0.4, 0.5) is 22.0 Å². The van der Waals surface area contributed by atoms with E-state index in [9.17, 15) is 27.1 Å². The van der Waals surface area contributed by atoms with Gasteiger partial charge in [-0.1, -0.05) is 54.6 Å². The van der Waals surface area contributed by atoms with Gasteiger partial charge in [0.25, 0.3) is 0 Å². The van der Waals surface area contributed by atoms with Gasteiger partial charge in [0.15, 0.2) is 0 Å². The molecule has 190 valence electrons. The average molecular weight is 609 g/mol. The molecule has 0 atom stereocenters. The Bertz CT molecular complexity index is 1170. The third-order valence-corrected chi connectivity index (χ3v) is 8.92. The molecule has 0 bridgehead atoms. The van der Waals surface area contributed by atoms with Gasteiger partial charge in [-0.05, 0) is 43.5 Å². The smallest absolute Gasteiger partial charge is 0.614 e. The van der Waals surface area contributed by atoms with Gasteiger partial charge in [0.2, 0.25) is 0 Å². The molecule has 0 amide bonds. The van der Waals surface area contributed by atoms with E-state index in [-0.39, 0.29) is 28.3 Å². The van der Waals surface area contributed by atoms with Crippen LogP contribution in [0.15, 0.2) is 103 Å². The van der Waals surface area contributed by atoms with Crippen molar-refractivity contribution in [2.24, 2.45) is 0 Å². The second-order valence-corrected chi connectivity index (χ2v) is 10.3. The van der Waals surface area contributed by atoms with Crippen molar-refractivity contribution in [2.45, 2.75) is 0 Å². The Hall–Kier alpha value is -2.96. The van der Waals surface area contributed by atoms with Crippen LogP contribution in [0.1, 0.15) is 0 Å². The number of rotatable bonds is 5. The van der Waals surface area contributed by atoms with E-state index in [4.69, 9.17) is 4.74 Å². The zero-order chi connectivity index (χ0) is 25.4. The molecule has 0 heterocycles. The van der Waals surface area contributed by atoms with E-state index in [0.717, 1.165) is 22.0 Å². The summed E-state index contributed by atoms with van der Waals surface area (Å²) in [5, 5.41) is 15.7. The fraction of sp³-hybridized carbons (Fsp3) is 0.0370. The fourth-order valence-corrected chi connectivity index (χ4v) is 7.06. The van der Waals surface area contributed by atoms with Gasteiger partial charge in [0, 0.05) is 0 Å². The molecule has 0 radical (unpaired) electrons. The number of hydrogen-bond acceptors (Lipinski definition) is 2. The van der Waals surface area contributed by atoms with E-state index in [1.54, 1.807) is 5.82 Å². The van der Waals surface area contributed by atoms with Crippen molar-refractivity contribution in [2.75, 3.05) is 7.11 Å². The summed E-state index contributed by atoms with van der Waals surface area (Å²) >= 11 is 0. The number of benzene rings is 4. The van der Waals surface area contributed by atoms with Crippen molar-refractivity contribution in [3.63, 3.8) is 0 Å². The molecule has 0 saturated heterocycles. The Labute approximate surface area is 221 Å². The van der Waals surface area contributed by atoms with Crippen molar-refractivity contribution >= 4 is 23.2 Å². The van der Waals surface area contributed by atoms with Gasteiger partial charge in [-0.2, -0.15) is 0 Å². The number of hydrogen-bond donors (Lipinski definition) is 0. The molecule has 0 aromatic heterocycles. The summed E-state index contributed by atoms with van der Waals surface area (Å²) in [6.45, 7) is 0. The number of methoxy groups -OCH3 is 1. The minimum Gasteiger partial charge on any atom is -0.614 e. The standard InChI is InChI=1S/C21H19O2P.C6F5.Ag/c1-23-21(22)17-24(18-11-5-2-6-12-18,19-13-7-3-8-14-19)20-15-9-4-10-16-20;7-2-1-3(8)5(10)6(11)4(2)9;/h2-17H,1H3;;/q;-1;+1/b21-17+;;. The molecule has 2 nitrogen and oxygen atoms in total. The van der Waals surface area contributed by atoms with Crippen molar-refractivity contribution in [3.8, 4) is 0 Å². The van der Waals surface area contributed by atoms with E-state index >= 15 is 0 Å².